The molecule has 2 rings (SSSR count). The van der Waals surface area contributed by atoms with Gasteiger partial charge in [-0.1, -0.05) is 13.0 Å². The SMILES string of the molecule is CCS(=O)(=O)Cc1c(C)ccc2nccn12. The van der Waals surface area contributed by atoms with Crippen molar-refractivity contribution in [2.75, 3.05) is 5.75 Å². The second kappa shape index (κ2) is 3.90. The molecule has 0 aliphatic rings. The molecule has 16 heavy (non-hydrogen) atoms. The van der Waals surface area contributed by atoms with Gasteiger partial charge in [-0.25, -0.2) is 13.4 Å². The van der Waals surface area contributed by atoms with Gasteiger partial charge < -0.3 is 4.40 Å². The molecule has 0 fully saturated rings. The number of rotatable bonds is 3. The first-order valence-corrected chi connectivity index (χ1v) is 6.97. The molecular weight excluding hydrogens is 224 g/mol. The summed E-state index contributed by atoms with van der Waals surface area (Å²) in [6.45, 7) is 3.58. The van der Waals surface area contributed by atoms with Crippen molar-refractivity contribution in [1.82, 2.24) is 9.38 Å². The standard InChI is InChI=1S/C11H14N2O2S/c1-3-16(14,15)8-10-9(2)4-5-11-12-6-7-13(10)11/h4-7H,3,8H2,1-2H3. The van der Waals surface area contributed by atoms with Gasteiger partial charge in [-0.05, 0) is 18.6 Å². The molecule has 5 heteroatoms. The summed E-state index contributed by atoms with van der Waals surface area (Å²) in [5.41, 5.74) is 2.56. The van der Waals surface area contributed by atoms with Crippen LogP contribution in [0.25, 0.3) is 5.65 Å². The molecule has 86 valence electrons. The van der Waals surface area contributed by atoms with Crippen molar-refractivity contribution in [1.29, 1.82) is 0 Å². The Labute approximate surface area is 94.9 Å². The normalized spacial score (nSPS) is 12.1. The Balaban J connectivity index is 2.58. The quantitative estimate of drug-likeness (QED) is 0.815. The number of imidazole rings is 1. The highest BCUT2D eigenvalue weighted by atomic mass is 32.2. The highest BCUT2D eigenvalue weighted by Gasteiger charge is 2.13. The largest absolute Gasteiger partial charge is 0.303 e. The fraction of sp³-hybridized carbons (Fsp3) is 0.364. The third-order valence-electron chi connectivity index (χ3n) is 2.69. The van der Waals surface area contributed by atoms with E-state index in [1.807, 2.05) is 23.5 Å². The lowest BCUT2D eigenvalue weighted by molar-refractivity contribution is 0.595. The molecule has 0 radical (unpaired) electrons. The van der Waals surface area contributed by atoms with Crippen LogP contribution in [0, 0.1) is 6.92 Å². The van der Waals surface area contributed by atoms with Gasteiger partial charge in [0.05, 0.1) is 5.75 Å². The molecule has 0 unspecified atom stereocenters. The minimum Gasteiger partial charge on any atom is -0.303 e. The number of nitrogens with zero attached hydrogens (tertiary/aromatic N) is 2. The molecule has 0 spiro atoms. The van der Waals surface area contributed by atoms with Gasteiger partial charge in [-0.3, -0.25) is 0 Å². The Morgan fingerprint density at radius 1 is 1.38 bits per heavy atom. The van der Waals surface area contributed by atoms with Crippen LogP contribution in [-0.4, -0.2) is 23.6 Å². The predicted molar refractivity (Wildman–Crippen MR) is 63.1 cm³/mol. The maximum absolute atomic E-state index is 11.7. The number of aryl methyl sites for hydroxylation is 1. The molecule has 0 bridgehead atoms. The highest BCUT2D eigenvalue weighted by Crippen LogP contribution is 2.14. The predicted octanol–water partition coefficient (Wildman–Crippen LogP) is 1.58. The van der Waals surface area contributed by atoms with Gasteiger partial charge in [0, 0.05) is 23.8 Å². The minimum atomic E-state index is -3.01. The Hall–Kier alpha value is -1.36. The molecule has 4 nitrogen and oxygen atoms in total. The van der Waals surface area contributed by atoms with E-state index >= 15 is 0 Å². The summed E-state index contributed by atoms with van der Waals surface area (Å²) in [4.78, 5) is 4.14. The second-order valence-electron chi connectivity index (χ2n) is 3.80. The van der Waals surface area contributed by atoms with Crippen molar-refractivity contribution >= 4 is 15.5 Å². The Morgan fingerprint density at radius 2 is 2.12 bits per heavy atom. The number of sulfone groups is 1. The summed E-state index contributed by atoms with van der Waals surface area (Å²) in [6, 6.07) is 3.79. The van der Waals surface area contributed by atoms with Gasteiger partial charge in [0.25, 0.3) is 0 Å². The van der Waals surface area contributed by atoms with Crippen LogP contribution in [0.1, 0.15) is 18.2 Å². The van der Waals surface area contributed by atoms with E-state index in [4.69, 9.17) is 0 Å². The number of aromatic nitrogens is 2. The van der Waals surface area contributed by atoms with Crippen molar-refractivity contribution in [3.63, 3.8) is 0 Å². The van der Waals surface area contributed by atoms with Crippen molar-refractivity contribution in [3.05, 3.63) is 35.8 Å². The lowest BCUT2D eigenvalue weighted by Crippen LogP contribution is -2.11. The van der Waals surface area contributed by atoms with Crippen molar-refractivity contribution in [2.24, 2.45) is 0 Å². The van der Waals surface area contributed by atoms with Crippen LogP contribution >= 0.6 is 0 Å². The molecule has 0 aromatic carbocycles. The molecule has 0 aliphatic heterocycles. The van der Waals surface area contributed by atoms with Crippen LogP contribution in [0.3, 0.4) is 0 Å². The lowest BCUT2D eigenvalue weighted by atomic mass is 10.2. The van der Waals surface area contributed by atoms with E-state index < -0.39 is 9.84 Å². The Bertz CT molecular complexity index is 614. The smallest absolute Gasteiger partial charge is 0.155 e. The van der Waals surface area contributed by atoms with Crippen molar-refractivity contribution in [3.8, 4) is 0 Å². The molecule has 0 saturated heterocycles. The second-order valence-corrected chi connectivity index (χ2v) is 6.15. The van der Waals surface area contributed by atoms with Crippen LogP contribution in [-0.2, 0) is 15.6 Å². The van der Waals surface area contributed by atoms with Gasteiger partial charge in [-0.15, -0.1) is 0 Å². The number of hydrogen-bond acceptors (Lipinski definition) is 3. The number of hydrogen-bond donors (Lipinski definition) is 0. The number of pyridine rings is 1. The molecule has 0 aliphatic carbocycles. The fourth-order valence-electron chi connectivity index (χ4n) is 1.65. The van der Waals surface area contributed by atoms with E-state index in [1.54, 1.807) is 19.3 Å². The van der Waals surface area contributed by atoms with Crippen LogP contribution in [0.4, 0.5) is 0 Å². The summed E-state index contributed by atoms with van der Waals surface area (Å²) in [6.07, 6.45) is 3.47. The first kappa shape index (κ1) is 11.1. The van der Waals surface area contributed by atoms with E-state index in [1.165, 1.54) is 0 Å². The fourth-order valence-corrected chi connectivity index (χ4v) is 2.63. The van der Waals surface area contributed by atoms with Crippen LogP contribution in [0.5, 0.6) is 0 Å². The van der Waals surface area contributed by atoms with Crippen LogP contribution < -0.4 is 0 Å². The molecule has 0 atom stereocenters. The molecule has 2 heterocycles. The van der Waals surface area contributed by atoms with Gasteiger partial charge in [0.15, 0.2) is 9.84 Å². The topological polar surface area (TPSA) is 51.4 Å². The molecule has 0 saturated carbocycles. The summed E-state index contributed by atoms with van der Waals surface area (Å²) in [5.74, 6) is 0.237. The first-order chi connectivity index (χ1) is 7.53. The maximum Gasteiger partial charge on any atom is 0.155 e. The van der Waals surface area contributed by atoms with Crippen LogP contribution in [0.2, 0.25) is 0 Å². The lowest BCUT2D eigenvalue weighted by Gasteiger charge is -2.08. The third-order valence-corrected chi connectivity index (χ3v) is 4.29. The zero-order valence-corrected chi connectivity index (χ0v) is 10.2. The van der Waals surface area contributed by atoms with E-state index in [0.29, 0.717) is 0 Å². The molecular formula is C11H14N2O2S. The van der Waals surface area contributed by atoms with E-state index in [-0.39, 0.29) is 11.5 Å². The number of fused-ring (bicyclic) bond motifs is 1. The summed E-state index contributed by atoms with van der Waals surface area (Å²) in [5, 5.41) is 0. The van der Waals surface area contributed by atoms with Crippen molar-refractivity contribution < 1.29 is 8.42 Å². The van der Waals surface area contributed by atoms with Crippen LogP contribution in [0.15, 0.2) is 24.5 Å². The average Bonchev–Trinajstić information content (AvgIpc) is 2.70. The third kappa shape index (κ3) is 1.95. The maximum atomic E-state index is 11.7. The van der Waals surface area contributed by atoms with E-state index in [0.717, 1.165) is 16.9 Å². The monoisotopic (exact) mass is 238 g/mol. The van der Waals surface area contributed by atoms with Gasteiger partial charge in [0.2, 0.25) is 0 Å². The molecule has 2 aromatic heterocycles. The average molecular weight is 238 g/mol. The summed E-state index contributed by atoms with van der Waals surface area (Å²) < 4.78 is 25.1. The van der Waals surface area contributed by atoms with E-state index in [9.17, 15) is 8.42 Å². The van der Waals surface area contributed by atoms with Gasteiger partial charge >= 0.3 is 0 Å². The van der Waals surface area contributed by atoms with Gasteiger partial charge in [-0.2, -0.15) is 0 Å². The molecule has 2 aromatic rings. The highest BCUT2D eigenvalue weighted by molar-refractivity contribution is 7.90. The zero-order chi connectivity index (χ0) is 11.8. The van der Waals surface area contributed by atoms with E-state index in [2.05, 4.69) is 4.98 Å². The molecule has 0 N–H and O–H groups in total. The first-order valence-electron chi connectivity index (χ1n) is 5.15. The molecule has 0 amide bonds. The van der Waals surface area contributed by atoms with Gasteiger partial charge in [0.1, 0.15) is 5.65 Å². The summed E-state index contributed by atoms with van der Waals surface area (Å²) >= 11 is 0. The van der Waals surface area contributed by atoms with Crippen molar-refractivity contribution in [2.45, 2.75) is 19.6 Å². The zero-order valence-electron chi connectivity index (χ0n) is 9.34. The Morgan fingerprint density at radius 3 is 2.81 bits per heavy atom. The minimum absolute atomic E-state index is 0.0725. The Kier molecular flexibility index (Phi) is 2.71. The summed E-state index contributed by atoms with van der Waals surface area (Å²) in [7, 11) is -3.01.